The van der Waals surface area contributed by atoms with Crippen LogP contribution in [0.3, 0.4) is 0 Å². The SMILES string of the molecule is O=C(CCC(=O)N1CCc2ccccc21)N1CCC(N2CC(c3ccccc3)OC2=O)CC1. The number of piperidine rings is 1. The lowest BCUT2D eigenvalue weighted by atomic mass is 10.0. The highest BCUT2D eigenvalue weighted by Crippen LogP contribution is 2.31. The molecule has 1 atom stereocenters. The third kappa shape index (κ3) is 4.45. The van der Waals surface area contributed by atoms with Crippen molar-refractivity contribution in [2.45, 2.75) is 44.2 Å². The number of fused-ring (bicyclic) bond motifs is 1. The summed E-state index contributed by atoms with van der Waals surface area (Å²) < 4.78 is 5.59. The number of nitrogens with zero attached hydrogens (tertiary/aromatic N) is 3. The number of cyclic esters (lactones) is 1. The molecule has 0 saturated carbocycles. The molecule has 7 nitrogen and oxygen atoms in total. The number of ether oxygens (including phenoxy) is 1. The predicted molar refractivity (Wildman–Crippen MR) is 124 cm³/mol. The molecule has 0 aromatic heterocycles. The third-order valence-electron chi connectivity index (χ3n) is 7.01. The van der Waals surface area contributed by atoms with Crippen molar-refractivity contribution in [3.05, 3.63) is 65.7 Å². The third-order valence-corrected chi connectivity index (χ3v) is 7.01. The van der Waals surface area contributed by atoms with Crippen molar-refractivity contribution in [2.75, 3.05) is 31.1 Å². The van der Waals surface area contributed by atoms with Crippen molar-refractivity contribution in [1.29, 1.82) is 0 Å². The predicted octanol–water partition coefficient (Wildman–Crippen LogP) is 3.54. The smallest absolute Gasteiger partial charge is 0.410 e. The van der Waals surface area contributed by atoms with Gasteiger partial charge in [-0.05, 0) is 36.5 Å². The van der Waals surface area contributed by atoms with Crippen molar-refractivity contribution in [2.24, 2.45) is 0 Å². The molecule has 0 aliphatic carbocycles. The van der Waals surface area contributed by atoms with Gasteiger partial charge in [-0.25, -0.2) is 4.79 Å². The Hall–Kier alpha value is -3.35. The fraction of sp³-hybridized carbons (Fsp3) is 0.423. The standard InChI is InChI=1S/C26H29N3O4/c30-24(10-11-25(31)28-17-12-19-6-4-5-9-22(19)28)27-15-13-21(14-16-27)29-18-23(33-26(29)32)20-7-2-1-3-8-20/h1-9,21,23H,10-18H2. The summed E-state index contributed by atoms with van der Waals surface area (Å²) in [5, 5.41) is 0. The van der Waals surface area contributed by atoms with Gasteiger partial charge in [0.25, 0.3) is 0 Å². The molecule has 3 aliphatic heterocycles. The summed E-state index contributed by atoms with van der Waals surface area (Å²) in [6.07, 6.45) is 2.28. The van der Waals surface area contributed by atoms with Gasteiger partial charge in [0.05, 0.1) is 6.54 Å². The molecular formula is C26H29N3O4. The first kappa shape index (κ1) is 21.5. The number of anilines is 1. The Morgan fingerprint density at radius 2 is 1.58 bits per heavy atom. The van der Waals surface area contributed by atoms with Gasteiger partial charge in [-0.15, -0.1) is 0 Å². The molecule has 0 radical (unpaired) electrons. The van der Waals surface area contributed by atoms with E-state index in [2.05, 4.69) is 6.07 Å². The Labute approximate surface area is 193 Å². The van der Waals surface area contributed by atoms with Gasteiger partial charge in [0, 0.05) is 44.2 Å². The van der Waals surface area contributed by atoms with Crippen molar-refractivity contribution in [3.8, 4) is 0 Å². The summed E-state index contributed by atoms with van der Waals surface area (Å²) >= 11 is 0. The lowest BCUT2D eigenvalue weighted by Crippen LogP contribution is -2.47. The monoisotopic (exact) mass is 447 g/mol. The quantitative estimate of drug-likeness (QED) is 0.703. The molecule has 2 fully saturated rings. The maximum absolute atomic E-state index is 12.7. The van der Waals surface area contributed by atoms with E-state index >= 15 is 0 Å². The molecule has 0 N–H and O–H groups in total. The summed E-state index contributed by atoms with van der Waals surface area (Å²) in [6, 6.07) is 17.8. The minimum atomic E-state index is -0.273. The Bertz CT molecular complexity index is 1030. The molecule has 2 aromatic rings. The zero-order chi connectivity index (χ0) is 22.8. The number of likely N-dealkylation sites (tertiary alicyclic amines) is 1. The first-order valence-electron chi connectivity index (χ1n) is 11.8. The van der Waals surface area contributed by atoms with Crippen molar-refractivity contribution in [3.63, 3.8) is 0 Å². The summed E-state index contributed by atoms with van der Waals surface area (Å²) in [5.41, 5.74) is 3.17. The van der Waals surface area contributed by atoms with E-state index in [1.54, 1.807) is 4.90 Å². The molecule has 0 bridgehead atoms. The Morgan fingerprint density at radius 1 is 0.879 bits per heavy atom. The van der Waals surface area contributed by atoms with E-state index in [-0.39, 0.29) is 42.9 Å². The first-order chi connectivity index (χ1) is 16.1. The highest BCUT2D eigenvalue weighted by atomic mass is 16.6. The van der Waals surface area contributed by atoms with Crippen LogP contribution in [0.5, 0.6) is 0 Å². The van der Waals surface area contributed by atoms with Crippen LogP contribution in [0.2, 0.25) is 0 Å². The van der Waals surface area contributed by atoms with Crippen LogP contribution in [-0.2, 0) is 20.7 Å². The van der Waals surface area contributed by atoms with E-state index in [0.29, 0.717) is 26.2 Å². The van der Waals surface area contributed by atoms with Crippen LogP contribution in [0.15, 0.2) is 54.6 Å². The topological polar surface area (TPSA) is 70.2 Å². The van der Waals surface area contributed by atoms with E-state index in [4.69, 9.17) is 4.74 Å². The van der Waals surface area contributed by atoms with Crippen LogP contribution in [0.4, 0.5) is 10.5 Å². The van der Waals surface area contributed by atoms with Crippen molar-refractivity contribution < 1.29 is 19.1 Å². The molecule has 0 spiro atoms. The summed E-state index contributed by atoms with van der Waals surface area (Å²) in [6.45, 7) is 2.44. The zero-order valence-corrected chi connectivity index (χ0v) is 18.7. The molecule has 2 aromatic carbocycles. The van der Waals surface area contributed by atoms with Gasteiger partial charge in [0.1, 0.15) is 6.10 Å². The number of carbonyl (C=O) groups excluding carboxylic acids is 3. The molecule has 7 heteroatoms. The van der Waals surface area contributed by atoms with E-state index in [1.165, 1.54) is 5.56 Å². The van der Waals surface area contributed by atoms with E-state index < -0.39 is 0 Å². The number of rotatable bonds is 5. The second-order valence-corrected chi connectivity index (χ2v) is 8.97. The second-order valence-electron chi connectivity index (χ2n) is 8.97. The average Bonchev–Trinajstić information content (AvgIpc) is 3.47. The summed E-state index contributed by atoms with van der Waals surface area (Å²) in [4.78, 5) is 43.3. The van der Waals surface area contributed by atoms with Crippen LogP contribution < -0.4 is 4.90 Å². The number of carbonyl (C=O) groups is 3. The zero-order valence-electron chi connectivity index (χ0n) is 18.7. The van der Waals surface area contributed by atoms with E-state index in [9.17, 15) is 14.4 Å². The first-order valence-corrected chi connectivity index (χ1v) is 11.8. The Balaban J connectivity index is 1.09. The van der Waals surface area contributed by atoms with Crippen molar-refractivity contribution >= 4 is 23.6 Å². The normalized spacial score (nSPS) is 20.7. The molecule has 2 saturated heterocycles. The highest BCUT2D eigenvalue weighted by molar-refractivity contribution is 5.97. The maximum Gasteiger partial charge on any atom is 0.410 e. The number of hydrogen-bond acceptors (Lipinski definition) is 4. The minimum Gasteiger partial charge on any atom is -0.439 e. The van der Waals surface area contributed by atoms with Crippen LogP contribution in [0.25, 0.3) is 0 Å². The Morgan fingerprint density at radius 3 is 2.36 bits per heavy atom. The van der Waals surface area contributed by atoms with Gasteiger partial charge < -0.3 is 19.4 Å². The fourth-order valence-electron chi connectivity index (χ4n) is 5.15. The minimum absolute atomic E-state index is 0.00921. The molecule has 172 valence electrons. The molecule has 5 rings (SSSR count). The molecular weight excluding hydrogens is 418 g/mol. The molecule has 3 aliphatic rings. The number of hydrogen-bond donors (Lipinski definition) is 0. The second kappa shape index (κ2) is 9.25. The van der Waals surface area contributed by atoms with Gasteiger partial charge in [0.2, 0.25) is 11.8 Å². The van der Waals surface area contributed by atoms with Crippen LogP contribution >= 0.6 is 0 Å². The lowest BCUT2D eigenvalue weighted by molar-refractivity contribution is -0.134. The lowest BCUT2D eigenvalue weighted by Gasteiger charge is -2.35. The van der Waals surface area contributed by atoms with E-state index in [0.717, 1.165) is 30.5 Å². The Kier molecular flexibility index (Phi) is 6.03. The number of para-hydroxylation sites is 1. The number of amides is 3. The van der Waals surface area contributed by atoms with Gasteiger partial charge in [-0.1, -0.05) is 48.5 Å². The fourth-order valence-corrected chi connectivity index (χ4v) is 5.15. The molecule has 3 amide bonds. The van der Waals surface area contributed by atoms with Gasteiger partial charge in [-0.2, -0.15) is 0 Å². The maximum atomic E-state index is 12.7. The largest absolute Gasteiger partial charge is 0.439 e. The number of benzene rings is 2. The highest BCUT2D eigenvalue weighted by Gasteiger charge is 2.38. The van der Waals surface area contributed by atoms with Gasteiger partial charge in [0.15, 0.2) is 0 Å². The van der Waals surface area contributed by atoms with Crippen molar-refractivity contribution in [1.82, 2.24) is 9.80 Å². The summed E-state index contributed by atoms with van der Waals surface area (Å²) in [7, 11) is 0. The van der Waals surface area contributed by atoms with Gasteiger partial charge >= 0.3 is 6.09 Å². The summed E-state index contributed by atoms with van der Waals surface area (Å²) in [5.74, 6) is 0.0235. The van der Waals surface area contributed by atoms with Gasteiger partial charge in [-0.3, -0.25) is 9.59 Å². The molecule has 1 unspecified atom stereocenters. The van der Waals surface area contributed by atoms with Crippen LogP contribution in [0.1, 0.15) is 42.9 Å². The van der Waals surface area contributed by atoms with E-state index in [1.807, 2.05) is 58.3 Å². The molecule has 3 heterocycles. The van der Waals surface area contributed by atoms with Crippen LogP contribution in [0, 0.1) is 0 Å². The average molecular weight is 448 g/mol. The molecule has 33 heavy (non-hydrogen) atoms. The van der Waals surface area contributed by atoms with Crippen LogP contribution in [-0.4, -0.2) is 59.9 Å².